The van der Waals surface area contributed by atoms with Crippen LogP contribution in [0, 0.1) is 12.8 Å². The van der Waals surface area contributed by atoms with Gasteiger partial charge in [-0.1, -0.05) is 48.3 Å². The van der Waals surface area contributed by atoms with E-state index in [4.69, 9.17) is 21.9 Å². The van der Waals surface area contributed by atoms with Crippen LogP contribution in [-0.2, 0) is 12.8 Å². The van der Waals surface area contributed by atoms with Gasteiger partial charge in [0.1, 0.15) is 22.0 Å². The number of fused-ring (bicyclic) bond motifs is 1. The summed E-state index contributed by atoms with van der Waals surface area (Å²) in [4.78, 5) is 26.5. The normalized spacial score (nSPS) is 15.6. The van der Waals surface area contributed by atoms with Gasteiger partial charge in [-0.25, -0.2) is 0 Å². The maximum Gasteiger partial charge on any atom is 0.262 e. The van der Waals surface area contributed by atoms with Gasteiger partial charge in [0.2, 0.25) is 0 Å². The molecule has 3 N–H and O–H groups in total. The Morgan fingerprint density at radius 2 is 2.10 bits per heavy atom. The van der Waals surface area contributed by atoms with Crippen molar-refractivity contribution in [3.63, 3.8) is 0 Å². The second-order valence-electron chi connectivity index (χ2n) is 7.49. The Bertz CT molecular complexity index is 1130. The highest BCUT2D eigenvalue weighted by atomic mass is 35.5. The highest BCUT2D eigenvalue weighted by Crippen LogP contribution is 2.41. The monoisotopic (exact) mass is 443 g/mol. The standard InChI is InChI=1S/C22H22ClN3O3S/c1-3-12-8-9-14-16(10-12)30-22(18(14)20(24)27)25-21(28)17-11(2)29-26-19(17)13-6-4-5-7-15(13)23/h4-7,12H,3,8-10H2,1-2H3,(H2,24,27)(H,25,28)/t12-/m1/s1. The third-order valence-corrected chi connectivity index (χ3v) is 7.14. The van der Waals surface area contributed by atoms with Gasteiger partial charge in [0.05, 0.1) is 10.6 Å². The van der Waals surface area contributed by atoms with E-state index < -0.39 is 11.8 Å². The van der Waals surface area contributed by atoms with E-state index in [0.717, 1.165) is 36.1 Å². The van der Waals surface area contributed by atoms with Gasteiger partial charge in [0.25, 0.3) is 11.8 Å². The topological polar surface area (TPSA) is 98.2 Å². The molecule has 0 aliphatic heterocycles. The summed E-state index contributed by atoms with van der Waals surface area (Å²) in [5.74, 6) is 0.0332. The van der Waals surface area contributed by atoms with Gasteiger partial charge in [0.15, 0.2) is 0 Å². The van der Waals surface area contributed by atoms with Crippen molar-refractivity contribution < 1.29 is 14.1 Å². The van der Waals surface area contributed by atoms with Crippen LogP contribution < -0.4 is 11.1 Å². The Morgan fingerprint density at radius 3 is 2.80 bits per heavy atom. The number of carbonyl (C=O) groups is 2. The molecule has 2 heterocycles. The lowest BCUT2D eigenvalue weighted by molar-refractivity contribution is 0.1000. The quantitative estimate of drug-likeness (QED) is 0.563. The number of anilines is 1. The number of primary amides is 1. The van der Waals surface area contributed by atoms with Crippen molar-refractivity contribution in [2.24, 2.45) is 11.7 Å². The van der Waals surface area contributed by atoms with E-state index >= 15 is 0 Å². The molecule has 2 aromatic heterocycles. The van der Waals surface area contributed by atoms with Crippen molar-refractivity contribution in [3.8, 4) is 11.3 Å². The summed E-state index contributed by atoms with van der Waals surface area (Å²) < 4.78 is 5.29. The summed E-state index contributed by atoms with van der Waals surface area (Å²) in [6.45, 7) is 3.84. The predicted octanol–water partition coefficient (Wildman–Crippen LogP) is 5.23. The number of halogens is 1. The zero-order valence-electron chi connectivity index (χ0n) is 16.8. The second-order valence-corrected chi connectivity index (χ2v) is 9.00. The summed E-state index contributed by atoms with van der Waals surface area (Å²) >= 11 is 7.73. The Labute approximate surface area is 183 Å². The Morgan fingerprint density at radius 1 is 1.33 bits per heavy atom. The Hall–Kier alpha value is -2.64. The van der Waals surface area contributed by atoms with Crippen LogP contribution in [0.15, 0.2) is 28.8 Å². The fourth-order valence-corrected chi connectivity index (χ4v) is 5.58. The molecule has 30 heavy (non-hydrogen) atoms. The lowest BCUT2D eigenvalue weighted by atomic mass is 9.85. The largest absolute Gasteiger partial charge is 0.365 e. The minimum absolute atomic E-state index is 0.288. The number of hydrogen-bond donors (Lipinski definition) is 2. The van der Waals surface area contributed by atoms with Gasteiger partial charge in [0, 0.05) is 10.4 Å². The maximum absolute atomic E-state index is 13.2. The predicted molar refractivity (Wildman–Crippen MR) is 118 cm³/mol. The molecule has 8 heteroatoms. The van der Waals surface area contributed by atoms with Crippen molar-refractivity contribution in [1.82, 2.24) is 5.16 Å². The first-order valence-corrected chi connectivity index (χ1v) is 11.1. The van der Waals surface area contributed by atoms with Crippen LogP contribution in [0.5, 0.6) is 0 Å². The van der Waals surface area contributed by atoms with E-state index in [-0.39, 0.29) is 5.56 Å². The SMILES string of the molecule is CC[C@@H]1CCc2c(sc(NC(=O)c3c(-c4ccccc4Cl)noc3C)c2C(N)=O)C1. The molecule has 0 bridgehead atoms. The summed E-state index contributed by atoms with van der Waals surface area (Å²) in [6, 6.07) is 7.12. The van der Waals surface area contributed by atoms with E-state index in [0.29, 0.717) is 38.5 Å². The van der Waals surface area contributed by atoms with Crippen LogP contribution in [0.4, 0.5) is 5.00 Å². The molecular formula is C22H22ClN3O3S. The lowest BCUT2D eigenvalue weighted by Crippen LogP contribution is -2.20. The summed E-state index contributed by atoms with van der Waals surface area (Å²) in [6.07, 6.45) is 3.82. The zero-order chi connectivity index (χ0) is 21.4. The summed E-state index contributed by atoms with van der Waals surface area (Å²) in [5, 5.41) is 7.89. The third-order valence-electron chi connectivity index (χ3n) is 5.64. The smallest absolute Gasteiger partial charge is 0.262 e. The molecule has 1 aliphatic rings. The number of rotatable bonds is 5. The van der Waals surface area contributed by atoms with E-state index in [1.165, 1.54) is 11.3 Å². The molecule has 2 amide bonds. The van der Waals surface area contributed by atoms with Gasteiger partial charge >= 0.3 is 0 Å². The Kier molecular flexibility index (Phi) is 5.66. The van der Waals surface area contributed by atoms with Crippen molar-refractivity contribution in [3.05, 3.63) is 56.6 Å². The number of aryl methyl sites for hydroxylation is 1. The molecule has 1 aromatic carbocycles. The molecule has 4 rings (SSSR count). The average molecular weight is 444 g/mol. The van der Waals surface area contributed by atoms with Crippen LogP contribution >= 0.6 is 22.9 Å². The van der Waals surface area contributed by atoms with Gasteiger partial charge < -0.3 is 15.6 Å². The van der Waals surface area contributed by atoms with Gasteiger partial charge in [-0.3, -0.25) is 9.59 Å². The first-order valence-electron chi connectivity index (χ1n) is 9.87. The van der Waals surface area contributed by atoms with Crippen molar-refractivity contribution >= 4 is 39.8 Å². The van der Waals surface area contributed by atoms with E-state index in [1.807, 2.05) is 6.07 Å². The Balaban J connectivity index is 1.71. The number of benzene rings is 1. The number of thiophene rings is 1. The van der Waals surface area contributed by atoms with Crippen LogP contribution in [-0.4, -0.2) is 17.0 Å². The molecule has 1 aliphatic carbocycles. The van der Waals surface area contributed by atoms with Crippen LogP contribution in [0.25, 0.3) is 11.3 Å². The molecule has 0 unspecified atom stereocenters. The fourth-order valence-electron chi connectivity index (χ4n) is 3.99. The van der Waals surface area contributed by atoms with Gasteiger partial charge in [-0.15, -0.1) is 11.3 Å². The minimum Gasteiger partial charge on any atom is -0.365 e. The summed E-state index contributed by atoms with van der Waals surface area (Å²) in [5.41, 5.74) is 8.34. The highest BCUT2D eigenvalue weighted by Gasteiger charge is 2.30. The highest BCUT2D eigenvalue weighted by molar-refractivity contribution is 7.17. The molecule has 0 fully saturated rings. The van der Waals surface area contributed by atoms with Crippen molar-refractivity contribution in [1.29, 1.82) is 0 Å². The number of carbonyl (C=O) groups excluding carboxylic acids is 2. The second kappa shape index (κ2) is 8.24. The molecule has 6 nitrogen and oxygen atoms in total. The van der Waals surface area contributed by atoms with Crippen LogP contribution in [0.2, 0.25) is 5.02 Å². The fraction of sp³-hybridized carbons (Fsp3) is 0.318. The molecule has 156 valence electrons. The first kappa shape index (κ1) is 20.6. The first-order chi connectivity index (χ1) is 14.4. The molecule has 0 saturated carbocycles. The van der Waals surface area contributed by atoms with Gasteiger partial charge in [-0.2, -0.15) is 0 Å². The van der Waals surface area contributed by atoms with Crippen molar-refractivity contribution in [2.75, 3.05) is 5.32 Å². The lowest BCUT2D eigenvalue weighted by Gasteiger charge is -2.20. The average Bonchev–Trinajstić information content (AvgIpc) is 3.27. The molecule has 1 atom stereocenters. The van der Waals surface area contributed by atoms with Crippen LogP contribution in [0.1, 0.15) is 56.7 Å². The van der Waals surface area contributed by atoms with E-state index in [1.54, 1.807) is 25.1 Å². The number of nitrogens with zero attached hydrogens (tertiary/aromatic N) is 1. The third kappa shape index (κ3) is 3.63. The molecular weight excluding hydrogens is 422 g/mol. The number of nitrogens with one attached hydrogen (secondary N) is 1. The molecule has 3 aromatic rings. The maximum atomic E-state index is 13.2. The van der Waals surface area contributed by atoms with Gasteiger partial charge in [-0.05, 0) is 43.7 Å². The number of nitrogens with two attached hydrogens (primary N) is 1. The number of hydrogen-bond acceptors (Lipinski definition) is 5. The van der Waals surface area contributed by atoms with E-state index in [2.05, 4.69) is 17.4 Å². The molecule has 0 spiro atoms. The molecule has 0 saturated heterocycles. The van der Waals surface area contributed by atoms with E-state index in [9.17, 15) is 9.59 Å². The molecule has 0 radical (unpaired) electrons. The number of amides is 2. The van der Waals surface area contributed by atoms with Crippen molar-refractivity contribution in [2.45, 2.75) is 39.5 Å². The van der Waals surface area contributed by atoms with Crippen LogP contribution in [0.3, 0.4) is 0 Å². The minimum atomic E-state index is -0.522. The zero-order valence-corrected chi connectivity index (χ0v) is 18.3. The summed E-state index contributed by atoms with van der Waals surface area (Å²) in [7, 11) is 0. The number of aromatic nitrogens is 1.